The van der Waals surface area contributed by atoms with Crippen LogP contribution >= 0.6 is 0 Å². The van der Waals surface area contributed by atoms with Crippen molar-refractivity contribution in [2.45, 2.75) is 10.9 Å². The van der Waals surface area contributed by atoms with Crippen LogP contribution in [0.5, 0.6) is 0 Å². The molecule has 25 heavy (non-hydrogen) atoms. The summed E-state index contributed by atoms with van der Waals surface area (Å²) in [7, 11) is -3.79. The van der Waals surface area contributed by atoms with E-state index in [0.717, 1.165) is 6.26 Å². The molecule has 11 heteroatoms. The van der Waals surface area contributed by atoms with Gasteiger partial charge in [0.25, 0.3) is 10.2 Å². The molecule has 0 saturated carbocycles. The lowest BCUT2D eigenvalue weighted by Gasteiger charge is -2.39. The van der Waals surface area contributed by atoms with Gasteiger partial charge >= 0.3 is 0 Å². The molecule has 1 aromatic carbocycles. The van der Waals surface area contributed by atoms with Crippen molar-refractivity contribution in [2.75, 3.05) is 38.8 Å². The van der Waals surface area contributed by atoms with Crippen molar-refractivity contribution in [3.63, 3.8) is 0 Å². The molecule has 1 aliphatic heterocycles. The Morgan fingerprint density at radius 3 is 2.44 bits per heavy atom. The van der Waals surface area contributed by atoms with Crippen LogP contribution in [0.4, 0.5) is 5.82 Å². The lowest BCUT2D eigenvalue weighted by Crippen LogP contribution is -2.59. The zero-order chi connectivity index (χ0) is 18.4. The lowest BCUT2D eigenvalue weighted by atomic mass is 10.1. The molecule has 0 atom stereocenters. The van der Waals surface area contributed by atoms with E-state index in [1.54, 1.807) is 6.07 Å². The second kappa shape index (κ2) is 6.16. The number of nitrogens with zero attached hydrogens (tertiary/aromatic N) is 4. The Balaban J connectivity index is 1.84. The van der Waals surface area contributed by atoms with Crippen molar-refractivity contribution in [1.82, 2.24) is 18.6 Å². The molecular formula is C14H19N5O4S2. The summed E-state index contributed by atoms with van der Waals surface area (Å²) in [5.41, 5.74) is 0.613. The molecule has 0 spiro atoms. The van der Waals surface area contributed by atoms with Gasteiger partial charge in [0.15, 0.2) is 9.84 Å². The van der Waals surface area contributed by atoms with E-state index in [0.29, 0.717) is 29.8 Å². The lowest BCUT2D eigenvalue weighted by molar-refractivity contribution is 0.264. The zero-order valence-electron chi connectivity index (χ0n) is 14.0. The van der Waals surface area contributed by atoms with Crippen LogP contribution in [0.25, 0.3) is 10.9 Å². The maximum absolute atomic E-state index is 12.0. The number of hydrogen-bond acceptors (Lipinski definition) is 7. The zero-order valence-corrected chi connectivity index (χ0v) is 15.7. The molecule has 2 aromatic rings. The van der Waals surface area contributed by atoms with Gasteiger partial charge in [-0.25, -0.2) is 18.4 Å². The van der Waals surface area contributed by atoms with Gasteiger partial charge in [-0.1, -0.05) is 0 Å². The van der Waals surface area contributed by atoms with Crippen molar-refractivity contribution in [3.8, 4) is 0 Å². The third-order valence-electron chi connectivity index (χ3n) is 4.01. The van der Waals surface area contributed by atoms with Gasteiger partial charge in [-0.05, 0) is 18.2 Å². The third kappa shape index (κ3) is 3.45. The van der Waals surface area contributed by atoms with Gasteiger partial charge in [0.2, 0.25) is 0 Å². The van der Waals surface area contributed by atoms with Gasteiger partial charge in [0, 0.05) is 38.8 Å². The fourth-order valence-electron chi connectivity index (χ4n) is 2.52. The molecule has 1 aromatic heterocycles. The van der Waals surface area contributed by atoms with E-state index in [2.05, 4.69) is 15.3 Å². The molecule has 1 fully saturated rings. The van der Waals surface area contributed by atoms with Crippen LogP contribution in [0.2, 0.25) is 0 Å². The first-order valence-corrected chi connectivity index (χ1v) is 10.8. The maximum Gasteiger partial charge on any atom is 0.281 e. The number of nitrogens with one attached hydrogen (secondary N) is 1. The van der Waals surface area contributed by atoms with Crippen LogP contribution < -0.4 is 5.32 Å². The summed E-state index contributed by atoms with van der Waals surface area (Å²) in [6, 6.07) is 4.56. The van der Waals surface area contributed by atoms with Gasteiger partial charge in [-0.3, -0.25) is 0 Å². The number of rotatable bonds is 5. The highest BCUT2D eigenvalue weighted by atomic mass is 32.2. The van der Waals surface area contributed by atoms with Crippen LogP contribution in [0, 0.1) is 0 Å². The topological polar surface area (TPSA) is 113 Å². The summed E-state index contributed by atoms with van der Waals surface area (Å²) in [5.74, 6) is 0.488. The first-order chi connectivity index (χ1) is 11.6. The first kappa shape index (κ1) is 18.0. The van der Waals surface area contributed by atoms with Crippen LogP contribution in [0.1, 0.15) is 0 Å². The van der Waals surface area contributed by atoms with E-state index >= 15 is 0 Å². The van der Waals surface area contributed by atoms with Crippen molar-refractivity contribution in [2.24, 2.45) is 0 Å². The number of fused-ring (bicyclic) bond motifs is 1. The summed E-state index contributed by atoms with van der Waals surface area (Å²) in [5, 5.41) is 3.75. The molecule has 136 valence electrons. The average Bonchev–Trinajstić information content (AvgIpc) is 2.48. The fourth-order valence-corrected chi connectivity index (χ4v) is 4.37. The van der Waals surface area contributed by atoms with E-state index in [9.17, 15) is 16.8 Å². The quantitative estimate of drug-likeness (QED) is 0.767. The number of sulfone groups is 1. The summed E-state index contributed by atoms with van der Waals surface area (Å²) < 4.78 is 50.1. The van der Waals surface area contributed by atoms with Crippen molar-refractivity contribution in [1.29, 1.82) is 0 Å². The smallest absolute Gasteiger partial charge is 0.281 e. The first-order valence-electron chi connectivity index (χ1n) is 7.48. The fraction of sp³-hybridized carbons (Fsp3) is 0.429. The molecule has 0 radical (unpaired) electrons. The minimum atomic E-state index is -3.42. The second-order valence-electron chi connectivity index (χ2n) is 6.12. The van der Waals surface area contributed by atoms with Crippen LogP contribution in [-0.4, -0.2) is 74.9 Å². The molecule has 1 N–H and O–H groups in total. The Morgan fingerprint density at radius 2 is 1.84 bits per heavy atom. The van der Waals surface area contributed by atoms with Crippen molar-refractivity contribution >= 4 is 36.8 Å². The monoisotopic (exact) mass is 385 g/mol. The largest absolute Gasteiger partial charge is 0.364 e. The molecule has 9 nitrogen and oxygen atoms in total. The van der Waals surface area contributed by atoms with E-state index in [4.69, 9.17) is 0 Å². The molecule has 3 rings (SSSR count). The average molecular weight is 385 g/mol. The predicted molar refractivity (Wildman–Crippen MR) is 94.2 cm³/mol. The Hall–Kier alpha value is -1.82. The molecule has 2 heterocycles. The van der Waals surface area contributed by atoms with E-state index in [1.807, 2.05) is 0 Å². The minimum Gasteiger partial charge on any atom is -0.364 e. The van der Waals surface area contributed by atoms with E-state index < -0.39 is 20.0 Å². The normalized spacial score (nSPS) is 17.0. The highest BCUT2D eigenvalue weighted by molar-refractivity contribution is 7.90. The van der Waals surface area contributed by atoms with Crippen molar-refractivity contribution in [3.05, 3.63) is 24.5 Å². The Labute approximate surface area is 146 Å². The van der Waals surface area contributed by atoms with Gasteiger partial charge in [-0.2, -0.15) is 17.0 Å². The SMILES string of the molecule is CN(C)S(=O)(=O)N1CC(Nc2ncnc3ccc(S(C)(=O)=O)cc23)C1. The van der Waals surface area contributed by atoms with E-state index in [-0.39, 0.29) is 10.9 Å². The Bertz CT molecular complexity index is 1010. The number of hydrogen-bond donors (Lipinski definition) is 1. The third-order valence-corrected chi connectivity index (χ3v) is 7.00. The van der Waals surface area contributed by atoms with Gasteiger partial charge < -0.3 is 5.32 Å². The van der Waals surface area contributed by atoms with Crippen LogP contribution in [0.15, 0.2) is 29.4 Å². The molecule has 0 aliphatic carbocycles. The highest BCUT2D eigenvalue weighted by Gasteiger charge is 2.37. The minimum absolute atomic E-state index is 0.102. The number of benzene rings is 1. The molecule has 0 unspecified atom stereocenters. The molecule has 1 saturated heterocycles. The molecule has 1 aliphatic rings. The van der Waals surface area contributed by atoms with Crippen LogP contribution in [0.3, 0.4) is 0 Å². The second-order valence-corrected chi connectivity index (χ2v) is 10.3. The van der Waals surface area contributed by atoms with Crippen LogP contribution in [-0.2, 0) is 20.0 Å². The molecular weight excluding hydrogens is 366 g/mol. The highest BCUT2D eigenvalue weighted by Crippen LogP contribution is 2.25. The maximum atomic E-state index is 12.0. The van der Waals surface area contributed by atoms with Crippen molar-refractivity contribution < 1.29 is 16.8 Å². The summed E-state index contributed by atoms with van der Waals surface area (Å²) >= 11 is 0. The standard InChI is InChI=1S/C14H19N5O4S2/c1-18(2)25(22,23)19-7-10(8-19)17-14-12-6-11(24(3,20)21)4-5-13(12)15-9-16-14/h4-6,9-10H,7-8H2,1-3H3,(H,15,16,17). The molecule has 0 amide bonds. The summed E-state index contributed by atoms with van der Waals surface area (Å²) in [6.07, 6.45) is 2.53. The number of anilines is 1. The van der Waals surface area contributed by atoms with Gasteiger partial charge in [0.1, 0.15) is 12.1 Å². The van der Waals surface area contributed by atoms with Gasteiger partial charge in [0.05, 0.1) is 16.5 Å². The Kier molecular flexibility index (Phi) is 4.43. The Morgan fingerprint density at radius 1 is 1.16 bits per heavy atom. The van der Waals surface area contributed by atoms with Gasteiger partial charge in [-0.15, -0.1) is 0 Å². The molecule has 0 bridgehead atoms. The summed E-state index contributed by atoms with van der Waals surface area (Å²) in [6.45, 7) is 0.634. The number of aromatic nitrogens is 2. The van der Waals surface area contributed by atoms with E-state index in [1.165, 1.54) is 41.2 Å². The predicted octanol–water partition coefficient (Wildman–Crippen LogP) is -0.0642. The summed E-state index contributed by atoms with van der Waals surface area (Å²) in [4.78, 5) is 8.50.